The molecule has 130 valence electrons. The number of nitrogens with one attached hydrogen (secondary N) is 1. The summed E-state index contributed by atoms with van der Waals surface area (Å²) in [5.41, 5.74) is 1.86. The molecule has 1 atom stereocenters. The first-order chi connectivity index (χ1) is 11.6. The van der Waals surface area contributed by atoms with E-state index in [0.717, 1.165) is 23.4 Å². The van der Waals surface area contributed by atoms with E-state index in [1.54, 1.807) is 0 Å². The summed E-state index contributed by atoms with van der Waals surface area (Å²) in [6.07, 6.45) is 4.09. The molecule has 0 aliphatic rings. The molecule has 5 nitrogen and oxygen atoms in total. The van der Waals surface area contributed by atoms with Crippen LogP contribution in [0.1, 0.15) is 37.8 Å². The lowest BCUT2D eigenvalue weighted by atomic mass is 10.1. The van der Waals surface area contributed by atoms with Gasteiger partial charge in [0.1, 0.15) is 18.5 Å². The first-order valence-electron chi connectivity index (χ1n) is 8.35. The Morgan fingerprint density at radius 2 is 2.08 bits per heavy atom. The van der Waals surface area contributed by atoms with Crippen LogP contribution in [0.2, 0.25) is 0 Å². The Balaban J connectivity index is 1.96. The molecular weight excluding hydrogens is 304 g/mol. The van der Waals surface area contributed by atoms with Gasteiger partial charge in [0.05, 0.1) is 5.69 Å². The van der Waals surface area contributed by atoms with Crippen LogP contribution in [-0.2, 0) is 6.42 Å². The van der Waals surface area contributed by atoms with Crippen molar-refractivity contribution in [3.8, 4) is 5.75 Å². The summed E-state index contributed by atoms with van der Waals surface area (Å²) in [6, 6.07) is 9.96. The summed E-state index contributed by atoms with van der Waals surface area (Å²) in [5, 5.41) is 17.1. The Morgan fingerprint density at radius 3 is 2.79 bits per heavy atom. The minimum Gasteiger partial charge on any atom is -0.490 e. The highest BCUT2D eigenvalue weighted by molar-refractivity contribution is 5.70. The standard InChI is InChI=1S/C19H26N2O3/c1-4-16-11-18(24-21-16)10-9-15-7-5-6-8-19(15)23-13-17(22)12-20-14(2)3/h5-11,14,17,20,22H,4,12-13H2,1-3H3/b10-9-. The number of hydrogen-bond acceptors (Lipinski definition) is 5. The van der Waals surface area contributed by atoms with E-state index in [2.05, 4.69) is 10.5 Å². The number of rotatable bonds is 9. The van der Waals surface area contributed by atoms with Crippen LogP contribution < -0.4 is 10.1 Å². The zero-order valence-electron chi connectivity index (χ0n) is 14.5. The fourth-order valence-corrected chi connectivity index (χ4v) is 2.11. The molecule has 0 aliphatic carbocycles. The molecule has 0 saturated heterocycles. The normalized spacial score (nSPS) is 12.9. The summed E-state index contributed by atoms with van der Waals surface area (Å²) < 4.78 is 11.0. The highest BCUT2D eigenvalue weighted by Crippen LogP contribution is 2.21. The predicted molar refractivity (Wildman–Crippen MR) is 95.9 cm³/mol. The molecule has 24 heavy (non-hydrogen) atoms. The number of benzene rings is 1. The molecule has 1 aromatic heterocycles. The zero-order valence-corrected chi connectivity index (χ0v) is 14.5. The monoisotopic (exact) mass is 330 g/mol. The molecule has 0 spiro atoms. The number of hydrogen-bond donors (Lipinski definition) is 2. The molecule has 0 radical (unpaired) electrons. The van der Waals surface area contributed by atoms with Crippen molar-refractivity contribution in [3.63, 3.8) is 0 Å². The Labute approximate surface area is 143 Å². The summed E-state index contributed by atoms with van der Waals surface area (Å²) in [7, 11) is 0. The van der Waals surface area contributed by atoms with Gasteiger partial charge in [0.2, 0.25) is 0 Å². The van der Waals surface area contributed by atoms with Gasteiger partial charge in [-0.25, -0.2) is 0 Å². The van der Waals surface area contributed by atoms with Crippen molar-refractivity contribution in [1.82, 2.24) is 10.5 Å². The van der Waals surface area contributed by atoms with Gasteiger partial charge in [-0.15, -0.1) is 0 Å². The largest absolute Gasteiger partial charge is 0.490 e. The Hall–Kier alpha value is -2.11. The van der Waals surface area contributed by atoms with Gasteiger partial charge in [0, 0.05) is 24.2 Å². The SMILES string of the molecule is CCc1cc(/C=C\c2ccccc2OCC(O)CNC(C)C)on1. The minimum atomic E-state index is -0.550. The summed E-state index contributed by atoms with van der Waals surface area (Å²) in [4.78, 5) is 0. The Bertz CT molecular complexity index is 650. The molecule has 1 heterocycles. The molecule has 2 rings (SSSR count). The molecule has 5 heteroatoms. The van der Waals surface area contributed by atoms with E-state index in [1.807, 2.05) is 63.3 Å². The van der Waals surface area contributed by atoms with Gasteiger partial charge in [0.25, 0.3) is 0 Å². The van der Waals surface area contributed by atoms with Gasteiger partial charge in [-0.05, 0) is 24.6 Å². The second-order valence-electron chi connectivity index (χ2n) is 5.97. The van der Waals surface area contributed by atoms with E-state index >= 15 is 0 Å². The zero-order chi connectivity index (χ0) is 17.4. The maximum absolute atomic E-state index is 9.96. The molecule has 0 amide bonds. The summed E-state index contributed by atoms with van der Waals surface area (Å²) >= 11 is 0. The predicted octanol–water partition coefficient (Wildman–Crippen LogP) is 3.15. The van der Waals surface area contributed by atoms with Crippen LogP contribution in [-0.4, -0.2) is 35.6 Å². The van der Waals surface area contributed by atoms with Crippen LogP contribution in [0.4, 0.5) is 0 Å². The lowest BCUT2D eigenvalue weighted by Crippen LogP contribution is -2.35. The van der Waals surface area contributed by atoms with E-state index < -0.39 is 6.10 Å². The number of aromatic nitrogens is 1. The van der Waals surface area contributed by atoms with Gasteiger partial charge < -0.3 is 19.7 Å². The van der Waals surface area contributed by atoms with Crippen LogP contribution in [0.15, 0.2) is 34.9 Å². The molecule has 0 bridgehead atoms. The van der Waals surface area contributed by atoms with Gasteiger partial charge in [0.15, 0.2) is 5.76 Å². The van der Waals surface area contributed by atoms with Crippen LogP contribution in [0.25, 0.3) is 12.2 Å². The molecule has 0 saturated carbocycles. The van der Waals surface area contributed by atoms with Crippen LogP contribution in [0, 0.1) is 0 Å². The van der Waals surface area contributed by atoms with Crippen molar-refractivity contribution in [2.45, 2.75) is 39.3 Å². The fourth-order valence-electron chi connectivity index (χ4n) is 2.11. The number of para-hydroxylation sites is 1. The van der Waals surface area contributed by atoms with Crippen molar-refractivity contribution in [2.75, 3.05) is 13.2 Å². The highest BCUT2D eigenvalue weighted by Gasteiger charge is 2.08. The molecule has 1 aromatic carbocycles. The first kappa shape index (κ1) is 18.2. The Kier molecular flexibility index (Phi) is 7.03. The van der Waals surface area contributed by atoms with E-state index in [9.17, 15) is 5.11 Å². The fraction of sp³-hybridized carbons (Fsp3) is 0.421. The third kappa shape index (κ3) is 5.83. The number of aryl methyl sites for hydroxylation is 1. The quantitative estimate of drug-likeness (QED) is 0.739. The van der Waals surface area contributed by atoms with Crippen molar-refractivity contribution in [2.24, 2.45) is 0 Å². The third-order valence-electron chi connectivity index (χ3n) is 3.48. The van der Waals surface area contributed by atoms with Crippen LogP contribution >= 0.6 is 0 Å². The minimum absolute atomic E-state index is 0.243. The highest BCUT2D eigenvalue weighted by atomic mass is 16.5. The average molecular weight is 330 g/mol. The molecule has 1 unspecified atom stereocenters. The third-order valence-corrected chi connectivity index (χ3v) is 3.48. The van der Waals surface area contributed by atoms with Gasteiger partial charge in [-0.2, -0.15) is 0 Å². The van der Waals surface area contributed by atoms with E-state index in [4.69, 9.17) is 9.26 Å². The maximum Gasteiger partial charge on any atom is 0.159 e. The molecule has 0 aliphatic heterocycles. The van der Waals surface area contributed by atoms with Crippen LogP contribution in [0.5, 0.6) is 5.75 Å². The van der Waals surface area contributed by atoms with Gasteiger partial charge in [-0.1, -0.05) is 44.1 Å². The number of aliphatic hydroxyl groups excluding tert-OH is 1. The smallest absolute Gasteiger partial charge is 0.159 e. The number of ether oxygens (including phenoxy) is 1. The number of nitrogens with zero attached hydrogens (tertiary/aromatic N) is 1. The van der Waals surface area contributed by atoms with Gasteiger partial charge >= 0.3 is 0 Å². The van der Waals surface area contributed by atoms with Gasteiger partial charge in [-0.3, -0.25) is 0 Å². The summed E-state index contributed by atoms with van der Waals surface area (Å²) in [6.45, 7) is 6.87. The van der Waals surface area contributed by atoms with Crippen molar-refractivity contribution in [1.29, 1.82) is 0 Å². The second kappa shape index (κ2) is 9.25. The molecule has 2 N–H and O–H groups in total. The van der Waals surface area contributed by atoms with E-state index in [0.29, 0.717) is 18.3 Å². The molecule has 2 aromatic rings. The van der Waals surface area contributed by atoms with Crippen LogP contribution in [0.3, 0.4) is 0 Å². The molecule has 0 fully saturated rings. The van der Waals surface area contributed by atoms with Crippen molar-refractivity contribution >= 4 is 12.2 Å². The lowest BCUT2D eigenvalue weighted by molar-refractivity contribution is 0.104. The van der Waals surface area contributed by atoms with Crippen molar-refractivity contribution in [3.05, 3.63) is 47.3 Å². The maximum atomic E-state index is 9.96. The topological polar surface area (TPSA) is 67.5 Å². The van der Waals surface area contributed by atoms with E-state index in [-0.39, 0.29) is 6.61 Å². The average Bonchev–Trinajstić information content (AvgIpc) is 3.05. The first-order valence-corrected chi connectivity index (χ1v) is 8.35. The number of aliphatic hydroxyl groups is 1. The molecular formula is C19H26N2O3. The van der Waals surface area contributed by atoms with Crippen molar-refractivity contribution < 1.29 is 14.4 Å². The lowest BCUT2D eigenvalue weighted by Gasteiger charge is -2.16. The summed E-state index contributed by atoms with van der Waals surface area (Å²) in [5.74, 6) is 1.44. The Morgan fingerprint density at radius 1 is 1.29 bits per heavy atom. The van der Waals surface area contributed by atoms with E-state index in [1.165, 1.54) is 0 Å². The second-order valence-corrected chi connectivity index (χ2v) is 5.97.